The number of hydrogen-bond acceptors (Lipinski definition) is 3. The molecule has 5 nitrogen and oxygen atoms in total. The van der Waals surface area contributed by atoms with Gasteiger partial charge in [0.25, 0.3) is 11.8 Å². The minimum Gasteiger partial charge on any atom is -0.372 e. The second-order valence-corrected chi connectivity index (χ2v) is 6.95. The number of hydrogen-bond donors (Lipinski definition) is 2. The Kier molecular flexibility index (Phi) is 7.22. The zero-order chi connectivity index (χ0) is 21.3. The minimum atomic E-state index is -0.225. The van der Waals surface area contributed by atoms with E-state index in [1.165, 1.54) is 0 Å². The van der Waals surface area contributed by atoms with E-state index >= 15 is 0 Å². The molecule has 0 aliphatic rings. The van der Waals surface area contributed by atoms with Crippen molar-refractivity contribution in [1.29, 1.82) is 0 Å². The summed E-state index contributed by atoms with van der Waals surface area (Å²) in [5, 5.41) is 5.77. The van der Waals surface area contributed by atoms with Gasteiger partial charge in [-0.15, -0.1) is 0 Å². The predicted octanol–water partition coefficient (Wildman–Crippen LogP) is 5.43. The molecule has 0 fully saturated rings. The van der Waals surface area contributed by atoms with Crippen LogP contribution in [0.3, 0.4) is 0 Å². The van der Waals surface area contributed by atoms with E-state index in [-0.39, 0.29) is 11.8 Å². The van der Waals surface area contributed by atoms with Crippen molar-refractivity contribution >= 4 is 28.9 Å². The molecule has 0 bridgehead atoms. The third kappa shape index (κ3) is 5.26. The maximum atomic E-state index is 12.8. The molecular formula is C25H27N3O2. The molecule has 0 saturated heterocycles. The number of rotatable bonds is 8. The smallest absolute Gasteiger partial charge is 0.255 e. The normalized spacial score (nSPS) is 10.3. The number of para-hydroxylation sites is 2. The molecule has 2 amide bonds. The number of nitrogens with zero attached hydrogens (tertiary/aromatic N) is 1. The second-order valence-electron chi connectivity index (χ2n) is 6.95. The van der Waals surface area contributed by atoms with Crippen molar-refractivity contribution < 1.29 is 9.59 Å². The Morgan fingerprint density at radius 3 is 1.70 bits per heavy atom. The highest BCUT2D eigenvalue weighted by Gasteiger charge is 2.12. The van der Waals surface area contributed by atoms with Crippen molar-refractivity contribution in [2.45, 2.75) is 20.3 Å². The van der Waals surface area contributed by atoms with E-state index in [1.807, 2.05) is 54.6 Å². The Morgan fingerprint density at radius 1 is 0.700 bits per heavy atom. The molecule has 5 heteroatoms. The summed E-state index contributed by atoms with van der Waals surface area (Å²) in [6.45, 7) is 6.18. The highest BCUT2D eigenvalue weighted by Crippen LogP contribution is 2.23. The lowest BCUT2D eigenvalue weighted by molar-refractivity contribution is 0.101. The molecule has 3 aromatic carbocycles. The van der Waals surface area contributed by atoms with Gasteiger partial charge in [0.15, 0.2) is 0 Å². The topological polar surface area (TPSA) is 61.4 Å². The monoisotopic (exact) mass is 401 g/mol. The Morgan fingerprint density at radius 2 is 1.20 bits per heavy atom. The van der Waals surface area contributed by atoms with E-state index < -0.39 is 0 Å². The number of carbonyl (C=O) groups excluding carboxylic acids is 2. The van der Waals surface area contributed by atoms with Crippen LogP contribution in [0.15, 0.2) is 78.9 Å². The number of nitrogens with one attached hydrogen (secondary N) is 2. The van der Waals surface area contributed by atoms with E-state index in [0.29, 0.717) is 22.5 Å². The van der Waals surface area contributed by atoms with Gasteiger partial charge in [0, 0.05) is 29.9 Å². The summed E-state index contributed by atoms with van der Waals surface area (Å²) in [6, 6.07) is 23.7. The molecule has 154 valence electrons. The molecule has 0 aliphatic heterocycles. The van der Waals surface area contributed by atoms with Gasteiger partial charge in [-0.3, -0.25) is 9.59 Å². The maximum absolute atomic E-state index is 12.8. The van der Waals surface area contributed by atoms with Crippen molar-refractivity contribution in [2.24, 2.45) is 0 Å². The molecule has 0 radical (unpaired) electrons. The Hall–Kier alpha value is -3.60. The number of carbonyl (C=O) groups is 2. The zero-order valence-electron chi connectivity index (χ0n) is 17.4. The van der Waals surface area contributed by atoms with Crippen molar-refractivity contribution in [3.05, 3.63) is 90.0 Å². The first-order valence-corrected chi connectivity index (χ1v) is 10.2. The van der Waals surface area contributed by atoms with E-state index in [1.54, 1.807) is 24.3 Å². The Labute approximate surface area is 177 Å². The lowest BCUT2D eigenvalue weighted by atomic mass is 10.1. The van der Waals surface area contributed by atoms with Crippen LogP contribution in [0.2, 0.25) is 0 Å². The van der Waals surface area contributed by atoms with Gasteiger partial charge in [0.2, 0.25) is 0 Å². The van der Waals surface area contributed by atoms with Crippen LogP contribution >= 0.6 is 0 Å². The number of anilines is 3. The van der Waals surface area contributed by atoms with Gasteiger partial charge in [-0.2, -0.15) is 0 Å². The van der Waals surface area contributed by atoms with Crippen molar-refractivity contribution in [3.8, 4) is 0 Å². The van der Waals surface area contributed by atoms with Crippen LogP contribution in [0.1, 0.15) is 41.0 Å². The molecule has 0 heterocycles. The van der Waals surface area contributed by atoms with Crippen LogP contribution in [-0.2, 0) is 0 Å². The fourth-order valence-electron chi connectivity index (χ4n) is 3.24. The highest BCUT2D eigenvalue weighted by molar-refractivity contribution is 6.10. The molecule has 0 unspecified atom stereocenters. The average Bonchev–Trinajstić information content (AvgIpc) is 2.79. The van der Waals surface area contributed by atoms with Crippen molar-refractivity contribution in [1.82, 2.24) is 0 Å². The summed E-state index contributed by atoms with van der Waals surface area (Å²) in [5.74, 6) is -0.446. The molecular weight excluding hydrogens is 374 g/mol. The molecule has 2 N–H and O–H groups in total. The van der Waals surface area contributed by atoms with Crippen LogP contribution in [0.4, 0.5) is 17.1 Å². The summed E-state index contributed by atoms with van der Waals surface area (Å²) in [4.78, 5) is 27.5. The lowest BCUT2D eigenvalue weighted by Gasteiger charge is -2.22. The molecule has 30 heavy (non-hydrogen) atoms. The SMILES string of the molecule is CCCN(CC)c1ccc(C(=O)Nc2ccccc2NC(=O)c2ccccc2)cc1. The van der Waals surface area contributed by atoms with E-state index in [0.717, 1.165) is 25.2 Å². The fraction of sp³-hybridized carbons (Fsp3) is 0.200. The van der Waals surface area contributed by atoms with Crippen LogP contribution in [0.25, 0.3) is 0 Å². The molecule has 3 aromatic rings. The highest BCUT2D eigenvalue weighted by atomic mass is 16.2. The summed E-state index contributed by atoms with van der Waals surface area (Å²) in [6.07, 6.45) is 1.07. The average molecular weight is 402 g/mol. The van der Waals surface area contributed by atoms with Crippen LogP contribution < -0.4 is 15.5 Å². The zero-order valence-corrected chi connectivity index (χ0v) is 17.4. The summed E-state index contributed by atoms with van der Waals surface area (Å²) in [7, 11) is 0. The molecule has 0 saturated carbocycles. The van der Waals surface area contributed by atoms with Crippen LogP contribution in [0, 0.1) is 0 Å². The first-order chi connectivity index (χ1) is 14.6. The van der Waals surface area contributed by atoms with Crippen LogP contribution in [-0.4, -0.2) is 24.9 Å². The van der Waals surface area contributed by atoms with Crippen molar-refractivity contribution in [3.63, 3.8) is 0 Å². The molecule has 0 atom stereocenters. The van der Waals surface area contributed by atoms with Gasteiger partial charge in [-0.05, 0) is 61.9 Å². The Bertz CT molecular complexity index is 985. The molecule has 0 spiro atoms. The van der Waals surface area contributed by atoms with Gasteiger partial charge in [0.05, 0.1) is 11.4 Å². The lowest BCUT2D eigenvalue weighted by Crippen LogP contribution is -2.23. The quantitative estimate of drug-likeness (QED) is 0.529. The summed E-state index contributed by atoms with van der Waals surface area (Å²) < 4.78 is 0. The molecule has 3 rings (SSSR count). The van der Waals surface area contributed by atoms with Gasteiger partial charge < -0.3 is 15.5 Å². The molecule has 0 aliphatic carbocycles. The minimum absolute atomic E-state index is 0.221. The third-order valence-electron chi connectivity index (χ3n) is 4.83. The summed E-state index contributed by atoms with van der Waals surface area (Å²) >= 11 is 0. The van der Waals surface area contributed by atoms with Gasteiger partial charge in [-0.1, -0.05) is 37.3 Å². The second kappa shape index (κ2) is 10.3. The van der Waals surface area contributed by atoms with E-state index in [9.17, 15) is 9.59 Å². The fourth-order valence-corrected chi connectivity index (χ4v) is 3.24. The van der Waals surface area contributed by atoms with Crippen LogP contribution in [0.5, 0.6) is 0 Å². The van der Waals surface area contributed by atoms with Gasteiger partial charge in [-0.25, -0.2) is 0 Å². The predicted molar refractivity (Wildman–Crippen MR) is 123 cm³/mol. The van der Waals surface area contributed by atoms with Crippen molar-refractivity contribution in [2.75, 3.05) is 28.6 Å². The Balaban J connectivity index is 1.72. The maximum Gasteiger partial charge on any atom is 0.255 e. The van der Waals surface area contributed by atoms with E-state index in [4.69, 9.17) is 0 Å². The number of amides is 2. The standard InChI is InChI=1S/C25H27N3O2/c1-3-18-28(4-2)21-16-14-20(15-17-21)25(30)27-23-13-9-8-12-22(23)26-24(29)19-10-6-5-7-11-19/h5-17H,3-4,18H2,1-2H3,(H,26,29)(H,27,30). The number of benzene rings is 3. The third-order valence-corrected chi connectivity index (χ3v) is 4.83. The summed E-state index contributed by atoms with van der Waals surface area (Å²) in [5.41, 5.74) is 3.33. The molecule has 0 aromatic heterocycles. The van der Waals surface area contributed by atoms with Gasteiger partial charge in [0.1, 0.15) is 0 Å². The largest absolute Gasteiger partial charge is 0.372 e. The first-order valence-electron chi connectivity index (χ1n) is 10.2. The van der Waals surface area contributed by atoms with Gasteiger partial charge >= 0.3 is 0 Å². The van der Waals surface area contributed by atoms with E-state index in [2.05, 4.69) is 29.4 Å². The first kappa shape index (κ1) is 21.1.